The number of rotatable bonds is 6. The van der Waals surface area contributed by atoms with Crippen molar-refractivity contribution in [3.63, 3.8) is 0 Å². The Morgan fingerprint density at radius 3 is 2.35 bits per heavy atom. The maximum absolute atomic E-state index is 13.2. The van der Waals surface area contributed by atoms with Gasteiger partial charge in [-0.2, -0.15) is 0 Å². The Morgan fingerprint density at radius 2 is 1.81 bits per heavy atom. The highest BCUT2D eigenvalue weighted by molar-refractivity contribution is 5.98. The van der Waals surface area contributed by atoms with Crippen LogP contribution in [0.1, 0.15) is 42.0 Å². The zero-order valence-electron chi connectivity index (χ0n) is 15.8. The number of aromatic nitrogens is 1. The quantitative estimate of drug-likeness (QED) is 0.802. The van der Waals surface area contributed by atoms with Gasteiger partial charge in [-0.1, -0.05) is 13.8 Å². The van der Waals surface area contributed by atoms with Crippen molar-refractivity contribution in [3.05, 3.63) is 53.1 Å². The molecule has 26 heavy (non-hydrogen) atoms. The summed E-state index contributed by atoms with van der Waals surface area (Å²) in [5.41, 5.74) is 2.81. The zero-order chi connectivity index (χ0) is 19.4. The highest BCUT2D eigenvalue weighted by atomic mass is 19.1. The molecule has 0 saturated carbocycles. The summed E-state index contributed by atoms with van der Waals surface area (Å²) < 4.78 is 19.9. The molecule has 0 saturated heterocycles. The summed E-state index contributed by atoms with van der Waals surface area (Å²) in [5.74, 6) is -0.878. The number of halogens is 1. The first-order valence-corrected chi connectivity index (χ1v) is 8.58. The minimum Gasteiger partial charge on any atom is -0.467 e. The van der Waals surface area contributed by atoms with Crippen LogP contribution in [-0.4, -0.2) is 29.6 Å². The van der Waals surface area contributed by atoms with Crippen LogP contribution in [-0.2, 0) is 9.53 Å². The second-order valence-electron chi connectivity index (χ2n) is 6.78. The summed E-state index contributed by atoms with van der Waals surface area (Å²) in [4.78, 5) is 24.7. The minimum absolute atomic E-state index is 0.228. The average Bonchev–Trinajstić information content (AvgIpc) is 2.88. The van der Waals surface area contributed by atoms with Crippen LogP contribution in [0.25, 0.3) is 5.69 Å². The fraction of sp³-hybridized carbons (Fsp3) is 0.400. The molecule has 1 aromatic heterocycles. The summed E-state index contributed by atoms with van der Waals surface area (Å²) in [6, 6.07) is 7.15. The Hall–Kier alpha value is -2.63. The third kappa shape index (κ3) is 4.31. The van der Waals surface area contributed by atoms with Crippen LogP contribution in [0, 0.1) is 25.6 Å². The molecule has 0 spiro atoms. The number of amides is 1. The van der Waals surface area contributed by atoms with E-state index in [4.69, 9.17) is 4.74 Å². The fourth-order valence-corrected chi connectivity index (χ4v) is 3.04. The predicted molar refractivity (Wildman–Crippen MR) is 97.9 cm³/mol. The highest BCUT2D eigenvalue weighted by Gasteiger charge is 2.25. The Morgan fingerprint density at radius 1 is 1.19 bits per heavy atom. The van der Waals surface area contributed by atoms with Crippen molar-refractivity contribution in [2.45, 2.75) is 40.2 Å². The van der Waals surface area contributed by atoms with Gasteiger partial charge in [0.2, 0.25) is 0 Å². The number of esters is 1. The van der Waals surface area contributed by atoms with E-state index in [2.05, 4.69) is 5.32 Å². The second kappa shape index (κ2) is 8.17. The molecule has 5 nitrogen and oxygen atoms in total. The monoisotopic (exact) mass is 360 g/mol. The molecule has 1 atom stereocenters. The van der Waals surface area contributed by atoms with Gasteiger partial charge in [0, 0.05) is 17.1 Å². The number of ether oxygens (including phenoxy) is 1. The third-order valence-corrected chi connectivity index (χ3v) is 4.26. The number of carbonyl (C=O) groups excluding carboxylic acids is 2. The third-order valence-electron chi connectivity index (χ3n) is 4.26. The summed E-state index contributed by atoms with van der Waals surface area (Å²) in [6.07, 6.45) is 0.495. The summed E-state index contributed by atoms with van der Waals surface area (Å²) in [6.45, 7) is 7.64. The lowest BCUT2D eigenvalue weighted by atomic mass is 10.0. The first-order valence-electron chi connectivity index (χ1n) is 8.58. The Bertz CT molecular complexity index is 794. The molecule has 140 valence electrons. The van der Waals surface area contributed by atoms with Crippen LogP contribution in [0.5, 0.6) is 0 Å². The van der Waals surface area contributed by atoms with Crippen molar-refractivity contribution >= 4 is 11.9 Å². The van der Waals surface area contributed by atoms with Crippen molar-refractivity contribution in [1.29, 1.82) is 0 Å². The van der Waals surface area contributed by atoms with Gasteiger partial charge >= 0.3 is 5.97 Å². The van der Waals surface area contributed by atoms with Gasteiger partial charge in [-0.05, 0) is 56.5 Å². The number of hydrogen-bond donors (Lipinski definition) is 1. The molecule has 1 heterocycles. The number of nitrogens with zero attached hydrogens (tertiary/aromatic N) is 1. The lowest BCUT2D eigenvalue weighted by molar-refractivity contribution is -0.143. The van der Waals surface area contributed by atoms with Gasteiger partial charge in [0.15, 0.2) is 0 Å². The van der Waals surface area contributed by atoms with E-state index < -0.39 is 12.0 Å². The first kappa shape index (κ1) is 19.7. The molecular weight excluding hydrogens is 335 g/mol. The molecule has 6 heteroatoms. The number of benzene rings is 1. The molecular formula is C20H25FN2O3. The number of nitrogens with one attached hydrogen (secondary N) is 1. The van der Waals surface area contributed by atoms with Crippen LogP contribution in [0.3, 0.4) is 0 Å². The second-order valence-corrected chi connectivity index (χ2v) is 6.78. The molecule has 2 rings (SSSR count). The Kier molecular flexibility index (Phi) is 6.18. The van der Waals surface area contributed by atoms with E-state index in [0.29, 0.717) is 12.0 Å². The largest absolute Gasteiger partial charge is 0.467 e. The van der Waals surface area contributed by atoms with Gasteiger partial charge < -0.3 is 14.6 Å². The van der Waals surface area contributed by atoms with Crippen LogP contribution in [0.4, 0.5) is 4.39 Å². The molecule has 0 aliphatic carbocycles. The molecule has 0 fully saturated rings. The molecule has 0 bridgehead atoms. The number of carbonyl (C=O) groups is 2. The summed E-state index contributed by atoms with van der Waals surface area (Å²) >= 11 is 0. The van der Waals surface area contributed by atoms with Crippen LogP contribution >= 0.6 is 0 Å². The summed E-state index contributed by atoms with van der Waals surface area (Å²) in [5, 5.41) is 2.77. The molecule has 1 amide bonds. The van der Waals surface area contributed by atoms with Crippen LogP contribution < -0.4 is 5.32 Å². The number of methoxy groups -OCH3 is 1. The first-order chi connectivity index (χ1) is 12.2. The molecule has 1 aromatic carbocycles. The van der Waals surface area contributed by atoms with Crippen molar-refractivity contribution < 1.29 is 18.7 Å². The smallest absolute Gasteiger partial charge is 0.328 e. The van der Waals surface area contributed by atoms with E-state index in [-0.39, 0.29) is 17.6 Å². The fourth-order valence-electron chi connectivity index (χ4n) is 3.04. The van der Waals surface area contributed by atoms with Crippen molar-refractivity contribution in [2.75, 3.05) is 7.11 Å². The topological polar surface area (TPSA) is 60.3 Å². The van der Waals surface area contributed by atoms with E-state index in [1.54, 1.807) is 18.2 Å². The lowest BCUT2D eigenvalue weighted by Crippen LogP contribution is -2.42. The maximum atomic E-state index is 13.2. The normalized spacial score (nSPS) is 12.1. The van der Waals surface area contributed by atoms with E-state index >= 15 is 0 Å². The SMILES string of the molecule is COC(=O)C(CC(C)C)NC(=O)c1cc(C)n(-c2ccc(F)cc2)c1C. The summed E-state index contributed by atoms with van der Waals surface area (Å²) in [7, 11) is 1.31. The van der Waals surface area contributed by atoms with Gasteiger partial charge in [-0.3, -0.25) is 4.79 Å². The van der Waals surface area contributed by atoms with E-state index in [1.807, 2.05) is 32.3 Å². The zero-order valence-corrected chi connectivity index (χ0v) is 15.8. The van der Waals surface area contributed by atoms with Crippen molar-refractivity contribution in [1.82, 2.24) is 9.88 Å². The van der Waals surface area contributed by atoms with Gasteiger partial charge in [0.1, 0.15) is 11.9 Å². The molecule has 0 aliphatic heterocycles. The minimum atomic E-state index is -0.693. The van der Waals surface area contributed by atoms with Gasteiger partial charge in [0.05, 0.1) is 12.7 Å². The van der Waals surface area contributed by atoms with Crippen molar-refractivity contribution in [3.8, 4) is 5.69 Å². The Labute approximate surface area is 153 Å². The van der Waals surface area contributed by atoms with Gasteiger partial charge in [0.25, 0.3) is 5.91 Å². The molecule has 1 unspecified atom stereocenters. The molecule has 0 aliphatic rings. The van der Waals surface area contributed by atoms with Gasteiger partial charge in [-0.25, -0.2) is 9.18 Å². The average molecular weight is 360 g/mol. The number of aryl methyl sites for hydroxylation is 1. The predicted octanol–water partition coefficient (Wildman–Crippen LogP) is 3.55. The van der Waals surface area contributed by atoms with E-state index in [9.17, 15) is 14.0 Å². The van der Waals surface area contributed by atoms with Crippen LogP contribution in [0.15, 0.2) is 30.3 Å². The highest BCUT2D eigenvalue weighted by Crippen LogP contribution is 2.21. The molecule has 1 N–H and O–H groups in total. The maximum Gasteiger partial charge on any atom is 0.328 e. The van der Waals surface area contributed by atoms with Crippen molar-refractivity contribution in [2.24, 2.45) is 5.92 Å². The number of hydrogen-bond acceptors (Lipinski definition) is 3. The van der Waals surface area contributed by atoms with E-state index in [0.717, 1.165) is 17.1 Å². The van der Waals surface area contributed by atoms with Gasteiger partial charge in [-0.15, -0.1) is 0 Å². The Balaban J connectivity index is 2.30. The molecule has 0 radical (unpaired) electrons. The molecule has 2 aromatic rings. The standard InChI is InChI=1S/C20H25FN2O3/c1-12(2)10-18(20(25)26-5)22-19(24)17-11-13(3)23(14(17)4)16-8-6-15(21)7-9-16/h6-9,11-12,18H,10H2,1-5H3,(H,22,24). The lowest BCUT2D eigenvalue weighted by Gasteiger charge is -2.18. The van der Waals surface area contributed by atoms with E-state index in [1.165, 1.54) is 19.2 Å². The van der Waals surface area contributed by atoms with Crippen LogP contribution in [0.2, 0.25) is 0 Å².